The maximum absolute atomic E-state index is 12.2. The molecule has 2 nitrogen and oxygen atoms in total. The molecule has 1 aromatic carbocycles. The molecule has 1 atom stereocenters. The molecule has 0 bridgehead atoms. The zero-order valence-corrected chi connectivity index (χ0v) is 10.2. The molecule has 1 heterocycles. The van der Waals surface area contributed by atoms with Crippen LogP contribution in [0.2, 0.25) is 0 Å². The van der Waals surface area contributed by atoms with Crippen molar-refractivity contribution in [3.8, 4) is 5.75 Å². The summed E-state index contributed by atoms with van der Waals surface area (Å²) in [5.41, 5.74) is 2.05. The van der Waals surface area contributed by atoms with Gasteiger partial charge in [0.1, 0.15) is 11.5 Å². The van der Waals surface area contributed by atoms with E-state index in [4.69, 9.17) is 4.74 Å². The number of rotatable bonds is 4. The van der Waals surface area contributed by atoms with E-state index in [2.05, 4.69) is 6.58 Å². The minimum absolute atomic E-state index is 0.0109. The van der Waals surface area contributed by atoms with Gasteiger partial charge in [0.05, 0.1) is 6.61 Å². The zero-order valence-electron chi connectivity index (χ0n) is 10.2. The van der Waals surface area contributed by atoms with Gasteiger partial charge in [-0.2, -0.15) is 0 Å². The van der Waals surface area contributed by atoms with E-state index in [1.807, 2.05) is 31.2 Å². The summed E-state index contributed by atoms with van der Waals surface area (Å²) in [5, 5.41) is 0. The van der Waals surface area contributed by atoms with Crippen molar-refractivity contribution in [2.24, 2.45) is 0 Å². The molecule has 0 N–H and O–H groups in total. The topological polar surface area (TPSA) is 26.3 Å². The average molecular weight is 230 g/mol. The molecule has 0 aliphatic carbocycles. The molecule has 0 saturated carbocycles. The Hall–Kier alpha value is -1.57. The lowest BCUT2D eigenvalue weighted by Crippen LogP contribution is -2.21. The molecule has 2 heteroatoms. The third-order valence-corrected chi connectivity index (χ3v) is 3.27. The number of hydrogen-bond acceptors (Lipinski definition) is 2. The van der Waals surface area contributed by atoms with Crippen LogP contribution in [-0.2, 0) is 4.79 Å². The highest BCUT2D eigenvalue weighted by Crippen LogP contribution is 2.35. The number of allylic oxidation sites excluding steroid dienone is 1. The molecule has 90 valence electrons. The largest absolute Gasteiger partial charge is 0.493 e. The fourth-order valence-electron chi connectivity index (χ4n) is 2.17. The number of fused-ring (bicyclic) bond motifs is 1. The highest BCUT2D eigenvalue weighted by molar-refractivity contribution is 5.88. The van der Waals surface area contributed by atoms with E-state index >= 15 is 0 Å². The van der Waals surface area contributed by atoms with E-state index < -0.39 is 0 Å². The first-order valence-electron chi connectivity index (χ1n) is 6.13. The number of benzene rings is 1. The second-order valence-electron chi connectivity index (χ2n) is 4.47. The molecular weight excluding hydrogens is 212 g/mol. The van der Waals surface area contributed by atoms with E-state index in [9.17, 15) is 4.79 Å². The fraction of sp³-hybridized carbons (Fsp3) is 0.400. The van der Waals surface area contributed by atoms with Gasteiger partial charge in [0, 0.05) is 17.9 Å². The lowest BCUT2D eigenvalue weighted by Gasteiger charge is -2.25. The minimum Gasteiger partial charge on any atom is -0.493 e. The molecule has 17 heavy (non-hydrogen) atoms. The number of ether oxygens (including phenoxy) is 1. The van der Waals surface area contributed by atoms with Crippen LogP contribution >= 0.6 is 0 Å². The number of carbonyl (C=O) groups is 1. The van der Waals surface area contributed by atoms with Crippen molar-refractivity contribution < 1.29 is 9.53 Å². The van der Waals surface area contributed by atoms with Gasteiger partial charge in [0.2, 0.25) is 0 Å². The molecule has 1 aliphatic rings. The third kappa shape index (κ3) is 2.57. The fourth-order valence-corrected chi connectivity index (χ4v) is 2.17. The third-order valence-electron chi connectivity index (χ3n) is 3.27. The Balaban J connectivity index is 2.18. The first-order chi connectivity index (χ1) is 8.22. The molecule has 0 radical (unpaired) electrons. The summed E-state index contributed by atoms with van der Waals surface area (Å²) in [6.45, 7) is 6.58. The Kier molecular flexibility index (Phi) is 3.62. The SMILES string of the molecule is C=C(CC)CC(=O)C1CCOc2ccccc21. The minimum atomic E-state index is -0.0109. The number of ketones is 1. The summed E-state index contributed by atoms with van der Waals surface area (Å²) < 4.78 is 5.56. The summed E-state index contributed by atoms with van der Waals surface area (Å²) in [6, 6.07) is 7.83. The standard InChI is InChI=1S/C15H18O2/c1-3-11(2)10-14(16)12-8-9-17-15-7-5-4-6-13(12)15/h4-7,12H,2-3,8-10H2,1H3. The Morgan fingerprint density at radius 3 is 3.00 bits per heavy atom. The van der Waals surface area contributed by atoms with Gasteiger partial charge in [-0.3, -0.25) is 4.79 Å². The van der Waals surface area contributed by atoms with Gasteiger partial charge < -0.3 is 4.74 Å². The van der Waals surface area contributed by atoms with Crippen molar-refractivity contribution in [1.29, 1.82) is 0 Å². The van der Waals surface area contributed by atoms with Crippen LogP contribution in [0.4, 0.5) is 0 Å². The lowest BCUT2D eigenvalue weighted by molar-refractivity contribution is -0.120. The van der Waals surface area contributed by atoms with Crippen LogP contribution in [0.3, 0.4) is 0 Å². The van der Waals surface area contributed by atoms with Gasteiger partial charge in [-0.25, -0.2) is 0 Å². The van der Waals surface area contributed by atoms with Crippen LogP contribution in [0, 0.1) is 0 Å². The molecular formula is C15H18O2. The average Bonchev–Trinajstić information content (AvgIpc) is 2.37. The van der Waals surface area contributed by atoms with Crippen LogP contribution < -0.4 is 4.74 Å². The maximum Gasteiger partial charge on any atom is 0.144 e. The predicted octanol–water partition coefficient (Wildman–Crippen LogP) is 3.48. The van der Waals surface area contributed by atoms with Gasteiger partial charge in [-0.1, -0.05) is 37.3 Å². The van der Waals surface area contributed by atoms with Crippen LogP contribution in [0.5, 0.6) is 5.75 Å². The van der Waals surface area contributed by atoms with Crippen molar-refractivity contribution in [2.75, 3.05) is 6.61 Å². The van der Waals surface area contributed by atoms with Gasteiger partial charge in [-0.05, 0) is 18.9 Å². The zero-order chi connectivity index (χ0) is 12.3. The van der Waals surface area contributed by atoms with Crippen molar-refractivity contribution in [3.05, 3.63) is 42.0 Å². The molecule has 1 aliphatic heterocycles. The Morgan fingerprint density at radius 1 is 1.47 bits per heavy atom. The second kappa shape index (κ2) is 5.17. The van der Waals surface area contributed by atoms with Crippen molar-refractivity contribution >= 4 is 5.78 Å². The van der Waals surface area contributed by atoms with Crippen molar-refractivity contribution in [2.45, 2.75) is 32.1 Å². The molecule has 1 aromatic rings. The predicted molar refractivity (Wildman–Crippen MR) is 68.4 cm³/mol. The number of carbonyl (C=O) groups excluding carboxylic acids is 1. The second-order valence-corrected chi connectivity index (χ2v) is 4.47. The normalized spacial score (nSPS) is 18.1. The summed E-state index contributed by atoms with van der Waals surface area (Å²) in [5.74, 6) is 1.12. The summed E-state index contributed by atoms with van der Waals surface area (Å²) in [4.78, 5) is 12.2. The Bertz CT molecular complexity index is 434. The molecule has 1 unspecified atom stereocenters. The van der Waals surface area contributed by atoms with Gasteiger partial charge in [0.15, 0.2) is 0 Å². The maximum atomic E-state index is 12.2. The first kappa shape index (κ1) is 11.9. The lowest BCUT2D eigenvalue weighted by atomic mass is 9.86. The van der Waals surface area contributed by atoms with E-state index in [1.165, 1.54) is 0 Å². The van der Waals surface area contributed by atoms with Crippen LogP contribution in [0.1, 0.15) is 37.7 Å². The van der Waals surface area contributed by atoms with E-state index in [0.29, 0.717) is 13.0 Å². The monoisotopic (exact) mass is 230 g/mol. The van der Waals surface area contributed by atoms with Crippen molar-refractivity contribution in [3.63, 3.8) is 0 Å². The molecule has 0 aromatic heterocycles. The summed E-state index contributed by atoms with van der Waals surface area (Å²) in [7, 11) is 0. The molecule has 0 fully saturated rings. The number of Topliss-reactive ketones (excluding diaryl/α,β-unsaturated/α-hetero) is 1. The summed E-state index contributed by atoms with van der Waals surface area (Å²) >= 11 is 0. The number of hydrogen-bond donors (Lipinski definition) is 0. The van der Waals surface area contributed by atoms with Gasteiger partial charge in [0.25, 0.3) is 0 Å². The molecule has 0 spiro atoms. The smallest absolute Gasteiger partial charge is 0.144 e. The van der Waals surface area contributed by atoms with Crippen LogP contribution in [0.25, 0.3) is 0 Å². The van der Waals surface area contributed by atoms with Crippen LogP contribution in [-0.4, -0.2) is 12.4 Å². The molecule has 2 rings (SSSR count). The molecule has 0 saturated heterocycles. The van der Waals surface area contributed by atoms with Gasteiger partial charge >= 0.3 is 0 Å². The first-order valence-corrected chi connectivity index (χ1v) is 6.13. The quantitative estimate of drug-likeness (QED) is 0.740. The highest BCUT2D eigenvalue weighted by Gasteiger charge is 2.26. The number of para-hydroxylation sites is 1. The van der Waals surface area contributed by atoms with Crippen LogP contribution in [0.15, 0.2) is 36.4 Å². The summed E-state index contributed by atoms with van der Waals surface area (Å²) in [6.07, 6.45) is 2.15. The van der Waals surface area contributed by atoms with E-state index in [0.717, 1.165) is 29.7 Å². The molecule has 0 amide bonds. The van der Waals surface area contributed by atoms with Gasteiger partial charge in [-0.15, -0.1) is 0 Å². The van der Waals surface area contributed by atoms with E-state index in [1.54, 1.807) is 0 Å². The Labute approximate surface area is 102 Å². The highest BCUT2D eigenvalue weighted by atomic mass is 16.5. The Morgan fingerprint density at radius 2 is 2.24 bits per heavy atom. The van der Waals surface area contributed by atoms with Crippen molar-refractivity contribution in [1.82, 2.24) is 0 Å². The van der Waals surface area contributed by atoms with E-state index in [-0.39, 0.29) is 11.7 Å².